The van der Waals surface area contributed by atoms with Crippen LogP contribution in [0, 0.1) is 0 Å². The molecule has 238 valence electrons. The van der Waals surface area contributed by atoms with Crippen molar-refractivity contribution in [2.45, 2.75) is 51.5 Å². The molecule has 2 aromatic carbocycles. The van der Waals surface area contributed by atoms with Crippen molar-refractivity contribution in [2.24, 2.45) is 0 Å². The summed E-state index contributed by atoms with van der Waals surface area (Å²) in [6, 6.07) is 20.6. The number of benzene rings is 2. The number of nitrogens with one attached hydrogen (secondary N) is 2. The zero-order valence-corrected chi connectivity index (χ0v) is 26.8. The van der Waals surface area contributed by atoms with Gasteiger partial charge < -0.3 is 25.5 Å². The van der Waals surface area contributed by atoms with Crippen molar-refractivity contribution in [3.8, 4) is 10.4 Å². The number of para-hydroxylation sites is 1. The molecule has 0 saturated heterocycles. The average Bonchev–Trinajstić information content (AvgIpc) is 3.79. The second kappa shape index (κ2) is 14.3. The highest BCUT2D eigenvalue weighted by Gasteiger charge is 2.28. The molecular formula is C36H39N5O4S. The number of aliphatic hydroxyl groups is 1. The Kier molecular flexibility index (Phi) is 9.75. The largest absolute Gasteiger partial charge is 0.395 e. The van der Waals surface area contributed by atoms with E-state index in [-0.39, 0.29) is 24.3 Å². The van der Waals surface area contributed by atoms with E-state index in [1.165, 1.54) is 11.3 Å². The van der Waals surface area contributed by atoms with Crippen molar-refractivity contribution in [1.82, 2.24) is 10.3 Å². The molecule has 2 aliphatic rings. The van der Waals surface area contributed by atoms with Gasteiger partial charge in [0, 0.05) is 53.6 Å². The first-order chi connectivity index (χ1) is 22.5. The van der Waals surface area contributed by atoms with Gasteiger partial charge >= 0.3 is 0 Å². The number of carbonyl (C=O) groups excluding carboxylic acids is 3. The minimum atomic E-state index is -0.309. The Morgan fingerprint density at radius 3 is 2.59 bits per heavy atom. The third-order valence-electron chi connectivity index (χ3n) is 8.33. The van der Waals surface area contributed by atoms with Crippen molar-refractivity contribution < 1.29 is 19.5 Å². The van der Waals surface area contributed by atoms with Gasteiger partial charge in [0.25, 0.3) is 17.7 Å². The molecule has 4 aromatic rings. The first-order valence-electron chi connectivity index (χ1n) is 16.0. The minimum absolute atomic E-state index is 0.0180. The minimum Gasteiger partial charge on any atom is -0.395 e. The number of rotatable bonds is 11. The lowest BCUT2D eigenvalue weighted by Gasteiger charge is -2.27. The third-order valence-corrected chi connectivity index (χ3v) is 9.54. The first kappa shape index (κ1) is 31.4. The highest BCUT2D eigenvalue weighted by atomic mass is 32.1. The molecule has 0 radical (unpaired) electrons. The molecule has 0 atom stereocenters. The summed E-state index contributed by atoms with van der Waals surface area (Å²) < 4.78 is 0. The number of pyridine rings is 1. The zero-order valence-electron chi connectivity index (χ0n) is 26.0. The number of fused-ring (bicyclic) bond motifs is 3. The van der Waals surface area contributed by atoms with Crippen LogP contribution in [0.25, 0.3) is 10.4 Å². The molecule has 1 aliphatic carbocycles. The fourth-order valence-electron chi connectivity index (χ4n) is 5.77. The van der Waals surface area contributed by atoms with Crippen LogP contribution in [-0.2, 0) is 6.42 Å². The number of hydrogen-bond donors (Lipinski definition) is 3. The summed E-state index contributed by atoms with van der Waals surface area (Å²) in [5.74, 6) is 0.0866. The Balaban J connectivity index is 1.20. The van der Waals surface area contributed by atoms with E-state index in [9.17, 15) is 19.5 Å². The molecule has 0 bridgehead atoms. The van der Waals surface area contributed by atoms with E-state index < -0.39 is 0 Å². The fourth-order valence-corrected chi connectivity index (χ4v) is 6.92. The van der Waals surface area contributed by atoms with Gasteiger partial charge in [0.05, 0.1) is 22.7 Å². The van der Waals surface area contributed by atoms with Gasteiger partial charge in [-0.1, -0.05) is 31.5 Å². The quantitative estimate of drug-likeness (QED) is 0.182. The Hall–Kier alpha value is -4.54. The molecule has 0 spiro atoms. The maximum Gasteiger partial charge on any atom is 0.261 e. The molecule has 1 saturated carbocycles. The molecule has 2 aromatic heterocycles. The highest BCUT2D eigenvalue weighted by Crippen LogP contribution is 2.41. The molecule has 1 fully saturated rings. The summed E-state index contributed by atoms with van der Waals surface area (Å²) in [6.45, 7) is 3.68. The maximum atomic E-state index is 13.9. The predicted octanol–water partition coefficient (Wildman–Crippen LogP) is 6.15. The van der Waals surface area contributed by atoms with E-state index >= 15 is 0 Å². The van der Waals surface area contributed by atoms with E-state index in [0.717, 1.165) is 60.2 Å². The zero-order chi connectivity index (χ0) is 32.0. The van der Waals surface area contributed by atoms with Gasteiger partial charge in [0.2, 0.25) is 0 Å². The van der Waals surface area contributed by atoms with Gasteiger partial charge in [-0.2, -0.15) is 0 Å². The summed E-state index contributed by atoms with van der Waals surface area (Å²) in [4.78, 5) is 50.1. The summed E-state index contributed by atoms with van der Waals surface area (Å²) in [7, 11) is 0. The van der Waals surface area contributed by atoms with Crippen LogP contribution in [0.15, 0.2) is 72.9 Å². The molecule has 6 rings (SSSR count). The van der Waals surface area contributed by atoms with Gasteiger partial charge in [-0.15, -0.1) is 11.3 Å². The van der Waals surface area contributed by atoms with Crippen LogP contribution in [0.1, 0.15) is 75.0 Å². The molecule has 10 heteroatoms. The number of aromatic nitrogens is 1. The van der Waals surface area contributed by atoms with Crippen LogP contribution >= 0.6 is 11.3 Å². The van der Waals surface area contributed by atoms with E-state index in [1.807, 2.05) is 40.1 Å². The van der Waals surface area contributed by atoms with Crippen LogP contribution in [0.3, 0.4) is 0 Å². The first-order valence-corrected chi connectivity index (χ1v) is 16.9. The van der Waals surface area contributed by atoms with E-state index in [4.69, 9.17) is 0 Å². The molecule has 9 nitrogen and oxygen atoms in total. The summed E-state index contributed by atoms with van der Waals surface area (Å²) in [6.07, 6.45) is 7.17. The number of thiophene rings is 1. The van der Waals surface area contributed by atoms with Gasteiger partial charge in [-0.25, -0.2) is 4.98 Å². The molecule has 3 heterocycles. The van der Waals surface area contributed by atoms with Crippen LogP contribution < -0.4 is 20.4 Å². The van der Waals surface area contributed by atoms with Gasteiger partial charge in [0.15, 0.2) is 0 Å². The molecule has 3 N–H and O–H groups in total. The number of amides is 3. The van der Waals surface area contributed by atoms with Crippen molar-refractivity contribution >= 4 is 46.3 Å². The van der Waals surface area contributed by atoms with E-state index in [1.54, 1.807) is 42.6 Å². The molecule has 1 aliphatic heterocycles. The Morgan fingerprint density at radius 1 is 1.02 bits per heavy atom. The molecule has 0 unspecified atom stereocenters. The number of carbonyl (C=O) groups is 3. The number of aliphatic hydroxyl groups excluding tert-OH is 1. The number of nitrogens with zero attached hydrogens (tertiary/aromatic N) is 3. The van der Waals surface area contributed by atoms with E-state index in [0.29, 0.717) is 53.2 Å². The lowest BCUT2D eigenvalue weighted by Crippen LogP contribution is -2.33. The lowest BCUT2D eigenvalue weighted by atomic mass is 9.99. The number of hydrogen-bond acceptors (Lipinski definition) is 7. The second-order valence-electron chi connectivity index (χ2n) is 11.8. The monoisotopic (exact) mass is 637 g/mol. The van der Waals surface area contributed by atoms with E-state index in [2.05, 4.69) is 22.5 Å². The topological polar surface area (TPSA) is 115 Å². The summed E-state index contributed by atoms with van der Waals surface area (Å²) in [5.41, 5.74) is 4.41. The smallest absolute Gasteiger partial charge is 0.261 e. The number of anilines is 3. The van der Waals surface area contributed by atoms with Gasteiger partial charge in [-0.05, 0) is 86.2 Å². The highest BCUT2D eigenvalue weighted by molar-refractivity contribution is 7.17. The average molecular weight is 638 g/mol. The standard InChI is InChI=1S/C36H39N5O4S/c1-2-3-19-40(21-22-42)33-29(10-6-18-37-33)34(43)38-26-14-12-24(13-15-26)36(45)41-20-7-8-25-23-31(35(44)39-27-16-17-27)46-32(25)28-9-4-5-11-30(28)41/h4-6,9-15,18,23,27,42H,2-3,7-8,16-17,19-22H2,1H3,(H,38,43)(H,39,44). The SMILES string of the molecule is CCCCN(CCO)c1ncccc1C(=O)Nc1ccc(C(=O)N2CCCc3cc(C(=O)NC4CC4)sc3-c3ccccc32)cc1. The van der Waals surface area contributed by atoms with Gasteiger partial charge in [0.1, 0.15) is 5.82 Å². The van der Waals surface area contributed by atoms with Crippen LogP contribution in [0.5, 0.6) is 0 Å². The Morgan fingerprint density at radius 2 is 1.83 bits per heavy atom. The predicted molar refractivity (Wildman–Crippen MR) is 183 cm³/mol. The molecular weight excluding hydrogens is 598 g/mol. The van der Waals surface area contributed by atoms with Crippen molar-refractivity contribution in [3.63, 3.8) is 0 Å². The van der Waals surface area contributed by atoms with Crippen LogP contribution in [0.2, 0.25) is 0 Å². The third kappa shape index (κ3) is 6.98. The summed E-state index contributed by atoms with van der Waals surface area (Å²) in [5, 5.41) is 15.6. The Bertz CT molecular complexity index is 1720. The Labute approximate surface area is 273 Å². The van der Waals surface area contributed by atoms with Gasteiger partial charge in [-0.3, -0.25) is 14.4 Å². The van der Waals surface area contributed by atoms with Crippen molar-refractivity contribution in [1.29, 1.82) is 0 Å². The van der Waals surface area contributed by atoms with Crippen LogP contribution in [0.4, 0.5) is 17.2 Å². The fraction of sp³-hybridized carbons (Fsp3) is 0.333. The van der Waals surface area contributed by atoms with Crippen molar-refractivity contribution in [2.75, 3.05) is 41.4 Å². The number of unbranched alkanes of at least 4 members (excludes halogenated alkanes) is 1. The summed E-state index contributed by atoms with van der Waals surface area (Å²) >= 11 is 1.49. The second-order valence-corrected chi connectivity index (χ2v) is 12.8. The molecule has 3 amide bonds. The maximum absolute atomic E-state index is 13.9. The number of aryl methyl sites for hydroxylation is 1. The molecule has 46 heavy (non-hydrogen) atoms. The van der Waals surface area contributed by atoms with Crippen LogP contribution in [-0.4, -0.2) is 60.1 Å². The normalized spacial score (nSPS) is 14.0. The van der Waals surface area contributed by atoms with Crippen molar-refractivity contribution in [3.05, 3.63) is 94.5 Å². The lowest BCUT2D eigenvalue weighted by molar-refractivity contribution is 0.0952.